The van der Waals surface area contributed by atoms with Gasteiger partial charge in [-0.05, 0) is 17.2 Å². The highest BCUT2D eigenvalue weighted by atomic mass is 16.3. The molecule has 0 aliphatic carbocycles. The molecule has 26 heavy (non-hydrogen) atoms. The van der Waals surface area contributed by atoms with Gasteiger partial charge in [0.15, 0.2) is 0 Å². The summed E-state index contributed by atoms with van der Waals surface area (Å²) in [4.78, 5) is 12.8. The van der Waals surface area contributed by atoms with Crippen molar-refractivity contribution in [2.45, 2.75) is 18.2 Å². The predicted molar refractivity (Wildman–Crippen MR) is 102 cm³/mol. The standard InChI is InChI=1S/C22H20N2O2/c25-21-20(23-15-16-9-3-1-4-10-16)22(26,17-11-5-2-6-12-17)18-13-7-8-14-19(18)24-21/h1-14,20,23,26H,15H2,(H,24,25)/t20-,22+/m1/s1. The molecule has 1 heterocycles. The van der Waals surface area contributed by atoms with Crippen LogP contribution < -0.4 is 10.6 Å². The highest BCUT2D eigenvalue weighted by molar-refractivity contribution is 6.00. The van der Waals surface area contributed by atoms with Crippen LogP contribution in [0.4, 0.5) is 5.69 Å². The molecule has 2 atom stereocenters. The summed E-state index contributed by atoms with van der Waals surface area (Å²) in [6, 6.07) is 25.8. The molecule has 1 aliphatic rings. The topological polar surface area (TPSA) is 61.4 Å². The number of hydrogen-bond acceptors (Lipinski definition) is 3. The molecule has 4 nitrogen and oxygen atoms in total. The Morgan fingerprint density at radius 2 is 1.50 bits per heavy atom. The minimum atomic E-state index is -1.45. The summed E-state index contributed by atoms with van der Waals surface area (Å²) in [7, 11) is 0. The van der Waals surface area contributed by atoms with Crippen LogP contribution in [0.3, 0.4) is 0 Å². The third-order valence-electron chi connectivity index (χ3n) is 4.84. The normalized spacial score (nSPS) is 21.7. The zero-order valence-corrected chi connectivity index (χ0v) is 14.2. The molecule has 1 aliphatic heterocycles. The first-order chi connectivity index (χ1) is 12.7. The minimum Gasteiger partial charge on any atom is -0.378 e. The molecule has 0 saturated carbocycles. The molecular weight excluding hydrogens is 324 g/mol. The zero-order valence-electron chi connectivity index (χ0n) is 14.2. The van der Waals surface area contributed by atoms with Crippen molar-refractivity contribution >= 4 is 11.6 Å². The molecule has 3 aromatic rings. The van der Waals surface area contributed by atoms with Crippen molar-refractivity contribution in [1.29, 1.82) is 0 Å². The molecule has 3 aromatic carbocycles. The summed E-state index contributed by atoms with van der Waals surface area (Å²) in [5.74, 6) is -0.244. The van der Waals surface area contributed by atoms with Gasteiger partial charge in [0.2, 0.25) is 5.91 Å². The van der Waals surface area contributed by atoms with Crippen LogP contribution in [-0.4, -0.2) is 17.1 Å². The van der Waals surface area contributed by atoms with Crippen LogP contribution in [0.2, 0.25) is 0 Å². The van der Waals surface area contributed by atoms with Gasteiger partial charge < -0.3 is 10.4 Å². The van der Waals surface area contributed by atoms with E-state index in [1.54, 1.807) is 0 Å². The highest BCUT2D eigenvalue weighted by Gasteiger charge is 2.48. The first-order valence-corrected chi connectivity index (χ1v) is 8.65. The second-order valence-corrected chi connectivity index (χ2v) is 6.47. The Balaban J connectivity index is 1.77. The van der Waals surface area contributed by atoms with Crippen molar-refractivity contribution in [2.24, 2.45) is 0 Å². The van der Waals surface area contributed by atoms with Crippen LogP contribution in [0.5, 0.6) is 0 Å². The van der Waals surface area contributed by atoms with Crippen molar-refractivity contribution in [3.8, 4) is 0 Å². The fourth-order valence-corrected chi connectivity index (χ4v) is 3.55. The van der Waals surface area contributed by atoms with E-state index in [9.17, 15) is 9.90 Å². The largest absolute Gasteiger partial charge is 0.378 e. The molecule has 0 bridgehead atoms. The van der Waals surface area contributed by atoms with E-state index in [1.165, 1.54) is 0 Å². The van der Waals surface area contributed by atoms with Crippen LogP contribution >= 0.6 is 0 Å². The van der Waals surface area contributed by atoms with Crippen LogP contribution in [-0.2, 0) is 16.9 Å². The number of carbonyl (C=O) groups is 1. The van der Waals surface area contributed by atoms with Gasteiger partial charge in [0.05, 0.1) is 0 Å². The van der Waals surface area contributed by atoms with E-state index in [-0.39, 0.29) is 5.91 Å². The molecule has 4 rings (SSSR count). The van der Waals surface area contributed by atoms with Crippen molar-refractivity contribution in [3.05, 3.63) is 102 Å². The maximum atomic E-state index is 12.8. The van der Waals surface area contributed by atoms with E-state index < -0.39 is 11.6 Å². The molecule has 0 radical (unpaired) electrons. The van der Waals surface area contributed by atoms with E-state index in [4.69, 9.17) is 0 Å². The van der Waals surface area contributed by atoms with Gasteiger partial charge in [-0.1, -0.05) is 78.9 Å². The quantitative estimate of drug-likeness (QED) is 0.682. The van der Waals surface area contributed by atoms with Crippen molar-refractivity contribution < 1.29 is 9.90 Å². The summed E-state index contributed by atoms with van der Waals surface area (Å²) >= 11 is 0. The smallest absolute Gasteiger partial charge is 0.245 e. The maximum absolute atomic E-state index is 12.8. The molecule has 0 unspecified atom stereocenters. The lowest BCUT2D eigenvalue weighted by atomic mass is 9.76. The summed E-state index contributed by atoms with van der Waals surface area (Å²) < 4.78 is 0. The van der Waals surface area contributed by atoms with Gasteiger partial charge in [-0.2, -0.15) is 0 Å². The van der Waals surface area contributed by atoms with E-state index in [1.807, 2.05) is 84.9 Å². The maximum Gasteiger partial charge on any atom is 0.245 e. The number of fused-ring (bicyclic) bond motifs is 1. The SMILES string of the molecule is O=C1Nc2ccccc2[C@@](O)(c2ccccc2)[C@@H]1NCc1ccccc1. The fourth-order valence-electron chi connectivity index (χ4n) is 3.55. The zero-order chi connectivity index (χ0) is 18.0. The van der Waals surface area contributed by atoms with Crippen molar-refractivity contribution in [2.75, 3.05) is 5.32 Å². The lowest BCUT2D eigenvalue weighted by molar-refractivity contribution is -0.124. The Morgan fingerprint density at radius 3 is 2.23 bits per heavy atom. The van der Waals surface area contributed by atoms with Gasteiger partial charge in [-0.15, -0.1) is 0 Å². The van der Waals surface area contributed by atoms with Gasteiger partial charge in [0, 0.05) is 17.8 Å². The number of carbonyl (C=O) groups excluding carboxylic acids is 1. The van der Waals surface area contributed by atoms with Crippen LogP contribution in [0.1, 0.15) is 16.7 Å². The van der Waals surface area contributed by atoms with Gasteiger partial charge in [0.1, 0.15) is 11.6 Å². The number of amides is 1. The Hall–Kier alpha value is -2.95. The average molecular weight is 344 g/mol. The first-order valence-electron chi connectivity index (χ1n) is 8.65. The molecule has 130 valence electrons. The number of rotatable bonds is 4. The van der Waals surface area contributed by atoms with Crippen molar-refractivity contribution in [3.63, 3.8) is 0 Å². The summed E-state index contributed by atoms with van der Waals surface area (Å²) in [6.45, 7) is 0.482. The van der Waals surface area contributed by atoms with Crippen molar-refractivity contribution in [1.82, 2.24) is 5.32 Å². The Kier molecular flexibility index (Phi) is 4.29. The lowest BCUT2D eigenvalue weighted by Crippen LogP contribution is -2.58. The van der Waals surface area contributed by atoms with Gasteiger partial charge in [-0.3, -0.25) is 10.1 Å². The van der Waals surface area contributed by atoms with Gasteiger partial charge in [-0.25, -0.2) is 0 Å². The molecular formula is C22H20N2O2. The number of nitrogens with one attached hydrogen (secondary N) is 2. The van der Waals surface area contributed by atoms with E-state index >= 15 is 0 Å². The monoisotopic (exact) mass is 344 g/mol. The predicted octanol–water partition coefficient (Wildman–Crippen LogP) is 3.03. The number of hydrogen-bond donors (Lipinski definition) is 3. The molecule has 4 heteroatoms. The highest BCUT2D eigenvalue weighted by Crippen LogP contribution is 2.40. The Morgan fingerprint density at radius 1 is 0.885 bits per heavy atom. The number of aliphatic hydroxyl groups is 1. The second-order valence-electron chi connectivity index (χ2n) is 6.47. The lowest BCUT2D eigenvalue weighted by Gasteiger charge is -2.41. The van der Waals surface area contributed by atoms with Crippen LogP contribution in [0.25, 0.3) is 0 Å². The van der Waals surface area contributed by atoms with Gasteiger partial charge >= 0.3 is 0 Å². The molecule has 0 fully saturated rings. The fraction of sp³-hybridized carbons (Fsp3) is 0.136. The van der Waals surface area contributed by atoms with Gasteiger partial charge in [0.25, 0.3) is 0 Å². The Bertz CT molecular complexity index is 912. The Labute approximate surface area is 152 Å². The number of anilines is 1. The summed E-state index contributed by atoms with van der Waals surface area (Å²) in [5.41, 5.74) is 1.62. The first kappa shape index (κ1) is 16.5. The summed E-state index contributed by atoms with van der Waals surface area (Å²) in [6.07, 6.45) is 0. The minimum absolute atomic E-state index is 0.244. The van der Waals surface area contributed by atoms with E-state index in [2.05, 4.69) is 10.6 Å². The second kappa shape index (κ2) is 6.75. The van der Waals surface area contributed by atoms with Crippen LogP contribution in [0, 0.1) is 0 Å². The third-order valence-corrected chi connectivity index (χ3v) is 4.84. The average Bonchev–Trinajstić information content (AvgIpc) is 2.69. The molecule has 0 saturated heterocycles. The molecule has 3 N–H and O–H groups in total. The third kappa shape index (κ3) is 2.79. The molecule has 0 spiro atoms. The molecule has 1 amide bonds. The summed E-state index contributed by atoms with van der Waals surface area (Å²) in [5, 5.41) is 17.9. The van der Waals surface area contributed by atoms with E-state index in [0.717, 1.165) is 5.56 Å². The molecule has 0 aromatic heterocycles. The number of para-hydroxylation sites is 1. The van der Waals surface area contributed by atoms with Crippen LogP contribution in [0.15, 0.2) is 84.9 Å². The van der Waals surface area contributed by atoms with E-state index in [0.29, 0.717) is 23.4 Å². The number of benzene rings is 3.